The predicted octanol–water partition coefficient (Wildman–Crippen LogP) is 0.294. The lowest BCUT2D eigenvalue weighted by atomic mass is 10.1. The van der Waals surface area contributed by atoms with Crippen LogP contribution in [0.2, 0.25) is 0 Å². The number of likely N-dealkylation sites (tertiary alicyclic amines) is 1. The zero-order valence-electron chi connectivity index (χ0n) is 11.3. The Balaban J connectivity index is 1.78. The van der Waals surface area contributed by atoms with Crippen molar-refractivity contribution in [3.8, 4) is 0 Å². The quantitative estimate of drug-likeness (QED) is 0.811. The summed E-state index contributed by atoms with van der Waals surface area (Å²) in [5, 5.41) is 19.3. The maximum Gasteiger partial charge on any atom is 0.358 e. The molecule has 0 aromatic carbocycles. The number of carboxylic acids is 1. The van der Waals surface area contributed by atoms with Gasteiger partial charge in [-0.1, -0.05) is 12.1 Å². The molecule has 20 heavy (non-hydrogen) atoms. The van der Waals surface area contributed by atoms with Gasteiger partial charge in [-0.05, 0) is 6.26 Å². The van der Waals surface area contributed by atoms with Crippen LogP contribution >= 0.6 is 11.8 Å². The van der Waals surface area contributed by atoms with Crippen molar-refractivity contribution < 1.29 is 14.7 Å². The van der Waals surface area contributed by atoms with Crippen LogP contribution in [0.3, 0.4) is 0 Å². The zero-order valence-corrected chi connectivity index (χ0v) is 12.1. The van der Waals surface area contributed by atoms with Gasteiger partial charge in [0.1, 0.15) is 0 Å². The summed E-state index contributed by atoms with van der Waals surface area (Å²) in [7, 11) is 0. The molecule has 2 N–H and O–H groups in total. The lowest BCUT2D eigenvalue weighted by molar-refractivity contribution is 0.0690. The topological polar surface area (TPSA) is 100 Å². The first-order chi connectivity index (χ1) is 9.51. The van der Waals surface area contributed by atoms with Gasteiger partial charge < -0.3 is 15.3 Å². The number of nitrogens with one attached hydrogen (secondary N) is 1. The minimum absolute atomic E-state index is 0.000626. The molecule has 1 atom stereocenters. The Morgan fingerprint density at radius 2 is 2.30 bits per heavy atom. The maximum atomic E-state index is 11.8. The van der Waals surface area contributed by atoms with Crippen LogP contribution in [0.15, 0.2) is 6.20 Å². The molecule has 1 fully saturated rings. The molecule has 8 nitrogen and oxygen atoms in total. The van der Waals surface area contributed by atoms with Gasteiger partial charge in [0, 0.05) is 24.9 Å². The number of urea groups is 1. The van der Waals surface area contributed by atoms with Gasteiger partial charge >= 0.3 is 12.0 Å². The number of amides is 2. The lowest BCUT2D eigenvalue weighted by Gasteiger charge is -2.38. The van der Waals surface area contributed by atoms with E-state index in [1.165, 1.54) is 10.9 Å². The normalized spacial score (nSPS) is 16.6. The predicted molar refractivity (Wildman–Crippen MR) is 74.0 cm³/mol. The van der Waals surface area contributed by atoms with Crippen LogP contribution in [0.4, 0.5) is 4.79 Å². The van der Waals surface area contributed by atoms with Gasteiger partial charge in [-0.3, -0.25) is 0 Å². The minimum atomic E-state index is -1.10. The van der Waals surface area contributed by atoms with Crippen molar-refractivity contribution >= 4 is 23.8 Å². The summed E-state index contributed by atoms with van der Waals surface area (Å²) in [6, 6.07) is -0.0972. The molecule has 110 valence electrons. The van der Waals surface area contributed by atoms with Gasteiger partial charge in [-0.15, -0.1) is 5.10 Å². The molecule has 0 bridgehead atoms. The molecule has 1 unspecified atom stereocenters. The second kappa shape index (κ2) is 6.12. The van der Waals surface area contributed by atoms with Crippen molar-refractivity contribution in [3.05, 3.63) is 11.9 Å². The van der Waals surface area contributed by atoms with Crippen molar-refractivity contribution in [2.24, 2.45) is 0 Å². The Morgan fingerprint density at radius 1 is 1.60 bits per heavy atom. The molecular weight excluding hydrogens is 282 g/mol. The molecule has 0 aliphatic carbocycles. The summed E-state index contributed by atoms with van der Waals surface area (Å²) < 4.78 is 1.50. The van der Waals surface area contributed by atoms with E-state index in [4.69, 9.17) is 5.11 Å². The average Bonchev–Trinajstić information content (AvgIpc) is 2.83. The van der Waals surface area contributed by atoms with E-state index in [1.54, 1.807) is 16.7 Å². The summed E-state index contributed by atoms with van der Waals surface area (Å²) in [6.07, 6.45) is 3.39. The molecule has 2 rings (SSSR count). The standard InChI is InChI=1S/C11H17N5O3S/c1-7(20-2)3-12-11(19)15-4-8(5-15)16-6-9(10(17)18)13-14-16/h6-8H,3-5H2,1-2H3,(H,12,19)(H,17,18). The highest BCUT2D eigenvalue weighted by Gasteiger charge is 2.33. The Labute approximate surface area is 120 Å². The Hall–Kier alpha value is -1.77. The van der Waals surface area contributed by atoms with Gasteiger partial charge in [0.15, 0.2) is 5.69 Å². The molecular formula is C11H17N5O3S. The zero-order chi connectivity index (χ0) is 14.7. The molecule has 1 aromatic heterocycles. The van der Waals surface area contributed by atoms with Crippen molar-refractivity contribution in [1.82, 2.24) is 25.2 Å². The third-order valence-corrected chi connectivity index (χ3v) is 4.17. The minimum Gasteiger partial charge on any atom is -0.476 e. The van der Waals surface area contributed by atoms with Crippen LogP contribution in [-0.4, -0.2) is 68.1 Å². The highest BCUT2D eigenvalue weighted by Crippen LogP contribution is 2.20. The summed E-state index contributed by atoms with van der Waals surface area (Å²) in [4.78, 5) is 24.2. The van der Waals surface area contributed by atoms with Crippen LogP contribution in [0.5, 0.6) is 0 Å². The summed E-state index contributed by atoms with van der Waals surface area (Å²) in [5.41, 5.74) is -0.0818. The van der Waals surface area contributed by atoms with Gasteiger partial charge in [0.2, 0.25) is 0 Å². The van der Waals surface area contributed by atoms with Crippen LogP contribution in [-0.2, 0) is 0 Å². The van der Waals surface area contributed by atoms with Crippen LogP contribution in [0.1, 0.15) is 23.5 Å². The fourth-order valence-corrected chi connectivity index (χ4v) is 2.02. The smallest absolute Gasteiger partial charge is 0.358 e. The third kappa shape index (κ3) is 3.21. The molecule has 1 saturated heterocycles. The first-order valence-electron chi connectivity index (χ1n) is 6.22. The molecule has 2 amide bonds. The van der Waals surface area contributed by atoms with E-state index in [9.17, 15) is 9.59 Å². The summed E-state index contributed by atoms with van der Waals surface area (Å²) >= 11 is 1.70. The van der Waals surface area contributed by atoms with E-state index in [-0.39, 0.29) is 17.8 Å². The number of nitrogens with zero attached hydrogens (tertiary/aromatic N) is 4. The monoisotopic (exact) mass is 299 g/mol. The van der Waals surface area contributed by atoms with Crippen LogP contribution in [0.25, 0.3) is 0 Å². The molecule has 1 aliphatic heterocycles. The van der Waals surface area contributed by atoms with Crippen molar-refractivity contribution in [3.63, 3.8) is 0 Å². The number of carboxylic acid groups (broad SMARTS) is 1. The largest absolute Gasteiger partial charge is 0.476 e. The molecule has 0 spiro atoms. The number of rotatable bonds is 5. The van der Waals surface area contributed by atoms with Gasteiger partial charge in [-0.25, -0.2) is 14.3 Å². The van der Waals surface area contributed by atoms with Crippen molar-refractivity contribution in [2.75, 3.05) is 25.9 Å². The Morgan fingerprint density at radius 3 is 2.85 bits per heavy atom. The molecule has 2 heterocycles. The van der Waals surface area contributed by atoms with Crippen LogP contribution in [0, 0.1) is 0 Å². The molecule has 9 heteroatoms. The van der Waals surface area contributed by atoms with Gasteiger partial charge in [0.05, 0.1) is 12.2 Å². The number of hydrogen-bond donors (Lipinski definition) is 2. The lowest BCUT2D eigenvalue weighted by Crippen LogP contribution is -2.55. The van der Waals surface area contributed by atoms with Crippen LogP contribution < -0.4 is 5.32 Å². The van der Waals surface area contributed by atoms with E-state index >= 15 is 0 Å². The number of aromatic nitrogens is 3. The number of thioether (sulfide) groups is 1. The Kier molecular flexibility index (Phi) is 4.48. The van der Waals surface area contributed by atoms with E-state index in [0.29, 0.717) is 24.9 Å². The fourth-order valence-electron chi connectivity index (χ4n) is 1.77. The SMILES string of the molecule is CSC(C)CNC(=O)N1CC(n2cc(C(=O)O)nn2)C1. The van der Waals surface area contributed by atoms with E-state index in [1.807, 2.05) is 13.2 Å². The highest BCUT2D eigenvalue weighted by atomic mass is 32.2. The van der Waals surface area contributed by atoms with E-state index in [2.05, 4.69) is 15.6 Å². The fraction of sp³-hybridized carbons (Fsp3) is 0.636. The van der Waals surface area contributed by atoms with Crippen molar-refractivity contribution in [2.45, 2.75) is 18.2 Å². The summed E-state index contributed by atoms with van der Waals surface area (Å²) in [5.74, 6) is -1.10. The maximum absolute atomic E-state index is 11.8. The molecule has 1 aromatic rings. The number of hydrogen-bond acceptors (Lipinski definition) is 5. The first-order valence-corrected chi connectivity index (χ1v) is 7.50. The first kappa shape index (κ1) is 14.6. The average molecular weight is 299 g/mol. The number of carbonyl (C=O) groups excluding carboxylic acids is 1. The highest BCUT2D eigenvalue weighted by molar-refractivity contribution is 7.99. The second-order valence-corrected chi connectivity index (χ2v) is 5.96. The van der Waals surface area contributed by atoms with Crippen molar-refractivity contribution in [1.29, 1.82) is 0 Å². The molecule has 0 radical (unpaired) electrons. The number of aromatic carboxylic acids is 1. The van der Waals surface area contributed by atoms with E-state index in [0.717, 1.165) is 0 Å². The summed E-state index contributed by atoms with van der Waals surface area (Å²) in [6.45, 7) is 3.71. The Bertz CT molecular complexity index is 500. The van der Waals surface area contributed by atoms with Gasteiger partial charge in [0.25, 0.3) is 0 Å². The van der Waals surface area contributed by atoms with Gasteiger partial charge in [-0.2, -0.15) is 11.8 Å². The third-order valence-electron chi connectivity index (χ3n) is 3.20. The number of carbonyl (C=O) groups is 2. The van der Waals surface area contributed by atoms with E-state index < -0.39 is 5.97 Å². The second-order valence-electron chi connectivity index (χ2n) is 4.68. The molecule has 1 aliphatic rings. The molecule has 0 saturated carbocycles.